The second kappa shape index (κ2) is 6.43. The van der Waals surface area contributed by atoms with Crippen molar-refractivity contribution in [1.82, 2.24) is 0 Å². The van der Waals surface area contributed by atoms with Gasteiger partial charge in [-0.25, -0.2) is 0 Å². The molecule has 2 aromatic rings. The molecule has 130 valence electrons. The van der Waals surface area contributed by atoms with Crippen LogP contribution in [-0.4, -0.2) is 0 Å². The van der Waals surface area contributed by atoms with Crippen LogP contribution in [0.5, 0.6) is 0 Å². The van der Waals surface area contributed by atoms with E-state index in [0.717, 1.165) is 12.3 Å². The second-order valence-electron chi connectivity index (χ2n) is 8.18. The number of allylic oxidation sites excluding steroid dienone is 5. The molecule has 2 aromatic carbocycles. The Morgan fingerprint density at radius 3 is 2.65 bits per heavy atom. The van der Waals surface area contributed by atoms with E-state index >= 15 is 0 Å². The molecule has 1 fully saturated rings. The summed E-state index contributed by atoms with van der Waals surface area (Å²) in [5.74, 6) is 1.54. The van der Waals surface area contributed by atoms with Crippen molar-refractivity contribution >= 4 is 17.2 Å². The quantitative estimate of drug-likeness (QED) is 0.556. The van der Waals surface area contributed by atoms with Gasteiger partial charge in [-0.1, -0.05) is 79.1 Å². The van der Waals surface area contributed by atoms with Gasteiger partial charge in [-0.05, 0) is 71.6 Å². The van der Waals surface area contributed by atoms with Crippen molar-refractivity contribution in [2.24, 2.45) is 5.92 Å². The average molecular weight is 338 g/mol. The van der Waals surface area contributed by atoms with Crippen LogP contribution in [-0.2, 0) is 0 Å². The number of rotatable bonds is 3. The minimum absolute atomic E-state index is 0.664. The average Bonchev–Trinajstić information content (AvgIpc) is 3.40. The molecule has 0 aromatic heterocycles. The van der Waals surface area contributed by atoms with E-state index in [9.17, 15) is 0 Å². The summed E-state index contributed by atoms with van der Waals surface area (Å²) in [7, 11) is 0. The summed E-state index contributed by atoms with van der Waals surface area (Å²) in [6.45, 7) is 2.17. The monoisotopic (exact) mass is 338 g/mol. The molecule has 1 saturated carbocycles. The molecule has 0 aliphatic heterocycles. The van der Waals surface area contributed by atoms with Crippen LogP contribution in [0.3, 0.4) is 0 Å². The SMILES string of the molecule is Cc1cccc(C2=CC(c3ccc4c(c3)C=CC4C3CCCC3)=CC2)c1. The predicted molar refractivity (Wildman–Crippen MR) is 112 cm³/mol. The molecule has 26 heavy (non-hydrogen) atoms. The lowest BCUT2D eigenvalue weighted by Gasteiger charge is -2.18. The summed E-state index contributed by atoms with van der Waals surface area (Å²) in [5, 5.41) is 0. The third-order valence-electron chi connectivity index (χ3n) is 6.43. The molecule has 1 atom stereocenters. The minimum atomic E-state index is 0.664. The highest BCUT2D eigenvalue weighted by Gasteiger charge is 2.28. The number of hydrogen-bond acceptors (Lipinski definition) is 0. The van der Waals surface area contributed by atoms with Crippen LogP contribution in [0.25, 0.3) is 17.2 Å². The van der Waals surface area contributed by atoms with Crippen molar-refractivity contribution in [2.75, 3.05) is 0 Å². The zero-order chi connectivity index (χ0) is 17.5. The summed E-state index contributed by atoms with van der Waals surface area (Å²) in [4.78, 5) is 0. The molecule has 0 N–H and O–H groups in total. The molecule has 0 bridgehead atoms. The fraction of sp³-hybridized carbons (Fsp3) is 0.308. The Morgan fingerprint density at radius 2 is 1.81 bits per heavy atom. The van der Waals surface area contributed by atoms with Crippen LogP contribution < -0.4 is 0 Å². The number of aryl methyl sites for hydroxylation is 1. The summed E-state index contributed by atoms with van der Waals surface area (Å²) >= 11 is 0. The second-order valence-corrected chi connectivity index (χ2v) is 8.18. The van der Waals surface area contributed by atoms with E-state index in [1.54, 1.807) is 5.56 Å². The van der Waals surface area contributed by atoms with Gasteiger partial charge in [0, 0.05) is 5.92 Å². The Hall–Kier alpha value is -2.34. The number of hydrogen-bond donors (Lipinski definition) is 0. The summed E-state index contributed by atoms with van der Waals surface area (Å²) in [6.07, 6.45) is 16.3. The Bertz CT molecular complexity index is 932. The van der Waals surface area contributed by atoms with Gasteiger partial charge in [0.05, 0.1) is 0 Å². The molecule has 0 radical (unpaired) electrons. The summed E-state index contributed by atoms with van der Waals surface area (Å²) in [5.41, 5.74) is 9.87. The third-order valence-corrected chi connectivity index (χ3v) is 6.43. The van der Waals surface area contributed by atoms with E-state index in [4.69, 9.17) is 0 Å². The number of fused-ring (bicyclic) bond motifs is 1. The maximum absolute atomic E-state index is 2.46. The van der Waals surface area contributed by atoms with Crippen molar-refractivity contribution in [3.8, 4) is 0 Å². The van der Waals surface area contributed by atoms with Gasteiger partial charge < -0.3 is 0 Å². The molecule has 3 aliphatic rings. The normalized spacial score (nSPS) is 21.8. The van der Waals surface area contributed by atoms with Gasteiger partial charge in [0.25, 0.3) is 0 Å². The van der Waals surface area contributed by atoms with E-state index in [1.807, 2.05) is 0 Å². The molecule has 1 unspecified atom stereocenters. The summed E-state index contributed by atoms with van der Waals surface area (Å²) in [6, 6.07) is 16.0. The molecule has 0 nitrogen and oxygen atoms in total. The van der Waals surface area contributed by atoms with Crippen molar-refractivity contribution in [3.63, 3.8) is 0 Å². The first-order chi connectivity index (χ1) is 12.8. The zero-order valence-corrected chi connectivity index (χ0v) is 15.5. The van der Waals surface area contributed by atoms with Crippen LogP contribution in [0.1, 0.15) is 65.8 Å². The topological polar surface area (TPSA) is 0 Å². The van der Waals surface area contributed by atoms with Crippen molar-refractivity contribution in [2.45, 2.75) is 44.9 Å². The Balaban J connectivity index is 1.41. The van der Waals surface area contributed by atoms with Gasteiger partial charge in [-0.15, -0.1) is 0 Å². The van der Waals surface area contributed by atoms with Crippen LogP contribution in [0.15, 0.2) is 60.7 Å². The lowest BCUT2D eigenvalue weighted by Crippen LogP contribution is -2.05. The van der Waals surface area contributed by atoms with Crippen LogP contribution in [0.2, 0.25) is 0 Å². The molecule has 0 spiro atoms. The van der Waals surface area contributed by atoms with E-state index in [-0.39, 0.29) is 0 Å². The standard InChI is InChI=1S/C26H26/c1-18-5-4-8-20(15-18)21-9-10-22(16-21)23-11-13-26-24(17-23)12-14-25(26)19-6-2-3-7-19/h4-5,8,10-17,19,25H,2-3,6-7,9H2,1H3. The highest BCUT2D eigenvalue weighted by molar-refractivity contribution is 5.90. The van der Waals surface area contributed by atoms with Crippen LogP contribution in [0.4, 0.5) is 0 Å². The molecule has 0 heteroatoms. The molecule has 0 saturated heterocycles. The molecule has 0 amide bonds. The zero-order valence-electron chi connectivity index (χ0n) is 15.5. The largest absolute Gasteiger partial charge is 0.0761 e. The third kappa shape index (κ3) is 2.78. The van der Waals surface area contributed by atoms with Crippen LogP contribution in [0, 0.1) is 12.8 Å². The molecular weight excluding hydrogens is 312 g/mol. The lowest BCUT2D eigenvalue weighted by atomic mass is 9.86. The van der Waals surface area contributed by atoms with Crippen molar-refractivity contribution < 1.29 is 0 Å². The maximum atomic E-state index is 2.46. The number of benzene rings is 2. The van der Waals surface area contributed by atoms with Gasteiger partial charge in [-0.2, -0.15) is 0 Å². The fourth-order valence-corrected chi connectivity index (χ4v) is 5.01. The molecule has 5 rings (SSSR count). The first-order valence-electron chi connectivity index (χ1n) is 10.1. The van der Waals surface area contributed by atoms with E-state index in [1.165, 1.54) is 59.1 Å². The first kappa shape index (κ1) is 15.9. The highest BCUT2D eigenvalue weighted by atomic mass is 14.3. The highest BCUT2D eigenvalue weighted by Crippen LogP contribution is 2.44. The predicted octanol–water partition coefficient (Wildman–Crippen LogP) is 7.17. The van der Waals surface area contributed by atoms with E-state index in [0.29, 0.717) is 5.92 Å². The van der Waals surface area contributed by atoms with Crippen molar-refractivity contribution in [3.05, 3.63) is 88.5 Å². The Kier molecular flexibility index (Phi) is 3.93. The smallest absolute Gasteiger partial charge is 0.00555 e. The van der Waals surface area contributed by atoms with Gasteiger partial charge in [0.1, 0.15) is 0 Å². The fourth-order valence-electron chi connectivity index (χ4n) is 5.01. The van der Waals surface area contributed by atoms with E-state index in [2.05, 4.69) is 73.7 Å². The van der Waals surface area contributed by atoms with Crippen LogP contribution >= 0.6 is 0 Å². The molecule has 3 aliphatic carbocycles. The Labute approximate surface area is 157 Å². The minimum Gasteiger partial charge on any atom is -0.0761 e. The van der Waals surface area contributed by atoms with Gasteiger partial charge >= 0.3 is 0 Å². The first-order valence-corrected chi connectivity index (χ1v) is 10.1. The van der Waals surface area contributed by atoms with Gasteiger partial charge in [-0.3, -0.25) is 0 Å². The lowest BCUT2D eigenvalue weighted by molar-refractivity contribution is 0.498. The maximum Gasteiger partial charge on any atom is 0.00555 e. The Morgan fingerprint density at radius 1 is 0.923 bits per heavy atom. The van der Waals surface area contributed by atoms with E-state index < -0.39 is 0 Å². The molecular formula is C26H26. The van der Waals surface area contributed by atoms with Gasteiger partial charge in [0.2, 0.25) is 0 Å². The summed E-state index contributed by atoms with van der Waals surface area (Å²) < 4.78 is 0. The van der Waals surface area contributed by atoms with Gasteiger partial charge in [0.15, 0.2) is 0 Å². The molecule has 0 heterocycles. The van der Waals surface area contributed by atoms with Crippen molar-refractivity contribution in [1.29, 1.82) is 0 Å².